The summed E-state index contributed by atoms with van der Waals surface area (Å²) in [5.74, 6) is -1.42. The molecule has 0 saturated carbocycles. The normalized spacial score (nSPS) is 14.6. The molecule has 0 rings (SSSR count). The van der Waals surface area contributed by atoms with E-state index in [0.29, 0.717) is 25.7 Å². The van der Waals surface area contributed by atoms with E-state index in [1.54, 1.807) is 0 Å². The van der Waals surface area contributed by atoms with E-state index in [4.69, 9.17) is 37.0 Å². The number of phosphoric ester groups is 2. The smallest absolute Gasteiger partial charge is 0.462 e. The lowest BCUT2D eigenvalue weighted by Gasteiger charge is -2.21. The number of unbranched alkanes of at least 4 members (excludes halogenated alkanes) is 35. The first-order valence-corrected chi connectivity index (χ1v) is 36.7. The van der Waals surface area contributed by atoms with Gasteiger partial charge in [-0.05, 0) is 31.6 Å². The summed E-state index contributed by atoms with van der Waals surface area (Å²) in [6.45, 7) is 7.11. The highest BCUT2D eigenvalue weighted by Gasteiger charge is 2.30. The number of hydrogen-bond acceptors (Lipinski definition) is 15. The van der Waals surface area contributed by atoms with E-state index in [0.717, 1.165) is 109 Å². The summed E-state index contributed by atoms with van der Waals surface area (Å²) in [6, 6.07) is 0. The second-order valence-electron chi connectivity index (χ2n) is 23.4. The third kappa shape index (κ3) is 57.6. The summed E-state index contributed by atoms with van der Waals surface area (Å²) >= 11 is 0. The number of phosphoric acid groups is 2. The number of carbonyl (C=O) groups excluding carboxylic acids is 4. The largest absolute Gasteiger partial charge is 0.472 e. The lowest BCUT2D eigenvalue weighted by Crippen LogP contribution is -2.30. The Morgan fingerprint density at radius 2 is 0.578 bits per heavy atom. The van der Waals surface area contributed by atoms with Crippen LogP contribution in [-0.2, 0) is 65.4 Å². The van der Waals surface area contributed by atoms with Gasteiger partial charge < -0.3 is 33.8 Å². The van der Waals surface area contributed by atoms with Gasteiger partial charge in [-0.1, -0.05) is 272 Å². The fourth-order valence-electron chi connectivity index (χ4n) is 9.55. The molecule has 0 aliphatic carbocycles. The molecule has 83 heavy (non-hydrogen) atoms. The molecule has 0 aromatic heterocycles. The first-order valence-electron chi connectivity index (χ1n) is 33.7. The molecular weight excluding hydrogens is 1100 g/mol. The van der Waals surface area contributed by atoms with E-state index in [-0.39, 0.29) is 25.7 Å². The molecule has 0 spiro atoms. The Morgan fingerprint density at radius 3 is 0.855 bits per heavy atom. The third-order valence-electron chi connectivity index (χ3n) is 15.1. The van der Waals surface area contributed by atoms with Gasteiger partial charge in [-0.25, -0.2) is 9.13 Å². The topological polar surface area (TPSA) is 237 Å². The van der Waals surface area contributed by atoms with Gasteiger partial charge in [0.1, 0.15) is 19.3 Å². The summed E-state index contributed by atoms with van der Waals surface area (Å²) in [4.78, 5) is 72.1. The molecule has 0 aliphatic heterocycles. The van der Waals surface area contributed by atoms with Crippen LogP contribution < -0.4 is 0 Å². The van der Waals surface area contributed by atoms with Crippen molar-refractivity contribution in [2.75, 3.05) is 39.6 Å². The lowest BCUT2D eigenvalue weighted by atomic mass is 10.00. The SMILES string of the molecule is CCCCCCCCCCCCCCCCCC(=O)O[C@H](COC(=O)CCCCCCCCCCCCC)COP(=O)(O)OC[C@@H](O)COP(=O)(O)OC[C@@H](COC(=O)CCCCCCCCC)OC(=O)CCCCCCCCC(C)CC. The van der Waals surface area contributed by atoms with Crippen molar-refractivity contribution in [1.29, 1.82) is 0 Å². The Kier molecular flexibility index (Phi) is 56.4. The molecule has 0 saturated heterocycles. The molecule has 3 N–H and O–H groups in total. The van der Waals surface area contributed by atoms with Gasteiger partial charge in [0, 0.05) is 25.7 Å². The zero-order valence-electron chi connectivity index (χ0n) is 53.3. The van der Waals surface area contributed by atoms with Gasteiger partial charge in [0.2, 0.25) is 0 Å². The minimum absolute atomic E-state index is 0.103. The van der Waals surface area contributed by atoms with Crippen molar-refractivity contribution in [3.05, 3.63) is 0 Å². The van der Waals surface area contributed by atoms with Crippen LogP contribution in [0.5, 0.6) is 0 Å². The van der Waals surface area contributed by atoms with E-state index in [2.05, 4.69) is 34.6 Å². The van der Waals surface area contributed by atoms with Crippen LogP contribution in [0.25, 0.3) is 0 Å². The standard InChI is InChI=1S/C64H124O17P2/c1-6-10-13-16-19-21-23-24-25-26-28-30-33-39-44-49-63(68)80-59(54-75-62(67)48-43-38-32-29-27-22-20-17-14-11-7-2)55-78-82(70,71)76-51-58(65)52-77-83(72,73)79-56-60(53-74-61(66)47-42-37-31-18-15-12-8-3)81-64(69)50-45-40-35-34-36-41-46-57(5)9-4/h57-60,65H,6-56H2,1-5H3,(H,70,71)(H,72,73)/t57?,58-,59-,60-/m1/s1. The summed E-state index contributed by atoms with van der Waals surface area (Å²) < 4.78 is 67.9. The average molecular weight is 1230 g/mol. The molecule has 0 aromatic carbocycles. The minimum Gasteiger partial charge on any atom is -0.462 e. The maximum absolute atomic E-state index is 13.0. The number of rotatable bonds is 64. The predicted octanol–water partition coefficient (Wildman–Crippen LogP) is 17.8. The predicted molar refractivity (Wildman–Crippen MR) is 331 cm³/mol. The highest BCUT2D eigenvalue weighted by atomic mass is 31.2. The lowest BCUT2D eigenvalue weighted by molar-refractivity contribution is -0.161. The first-order chi connectivity index (χ1) is 40.1. The molecule has 0 aliphatic rings. The van der Waals surface area contributed by atoms with Crippen molar-refractivity contribution < 1.29 is 80.2 Å². The van der Waals surface area contributed by atoms with Crippen molar-refractivity contribution in [1.82, 2.24) is 0 Å². The second kappa shape index (κ2) is 57.8. The van der Waals surface area contributed by atoms with Crippen LogP contribution in [-0.4, -0.2) is 96.7 Å². The average Bonchev–Trinajstić information content (AvgIpc) is 3.46. The Bertz CT molecular complexity index is 1620. The van der Waals surface area contributed by atoms with Crippen LogP contribution in [0.2, 0.25) is 0 Å². The van der Waals surface area contributed by atoms with Gasteiger partial charge in [-0.3, -0.25) is 37.3 Å². The molecule has 17 nitrogen and oxygen atoms in total. The maximum Gasteiger partial charge on any atom is 0.472 e. The fraction of sp³-hybridized carbons (Fsp3) is 0.938. The Hall–Kier alpha value is -1.94. The zero-order chi connectivity index (χ0) is 61.3. The summed E-state index contributed by atoms with van der Waals surface area (Å²) in [5.41, 5.74) is 0. The third-order valence-corrected chi connectivity index (χ3v) is 17.0. The number of ether oxygens (including phenoxy) is 4. The summed E-state index contributed by atoms with van der Waals surface area (Å²) in [7, 11) is -9.88. The molecule has 6 atom stereocenters. The molecule has 0 radical (unpaired) electrons. The molecule has 19 heteroatoms. The van der Waals surface area contributed by atoms with Gasteiger partial charge >= 0.3 is 39.5 Å². The molecule has 492 valence electrons. The molecule has 0 heterocycles. The van der Waals surface area contributed by atoms with Crippen molar-refractivity contribution in [3.8, 4) is 0 Å². The molecule has 0 fully saturated rings. The van der Waals surface area contributed by atoms with Crippen molar-refractivity contribution in [3.63, 3.8) is 0 Å². The molecule has 3 unspecified atom stereocenters. The Labute approximate surface area is 505 Å². The highest BCUT2D eigenvalue weighted by Crippen LogP contribution is 2.45. The van der Waals surface area contributed by atoms with Gasteiger partial charge in [0.15, 0.2) is 12.2 Å². The van der Waals surface area contributed by atoms with Gasteiger partial charge in [0.05, 0.1) is 26.4 Å². The minimum atomic E-state index is -4.94. The van der Waals surface area contributed by atoms with E-state index in [9.17, 15) is 43.2 Å². The van der Waals surface area contributed by atoms with Crippen molar-refractivity contribution in [2.45, 2.75) is 342 Å². The first kappa shape index (κ1) is 81.1. The Balaban J connectivity index is 5.21. The van der Waals surface area contributed by atoms with E-state index < -0.39 is 97.5 Å². The number of hydrogen-bond donors (Lipinski definition) is 3. The van der Waals surface area contributed by atoms with Gasteiger partial charge in [-0.15, -0.1) is 0 Å². The zero-order valence-corrected chi connectivity index (χ0v) is 55.1. The van der Waals surface area contributed by atoms with Crippen LogP contribution in [0.1, 0.15) is 324 Å². The number of carbonyl (C=O) groups is 4. The second-order valence-corrected chi connectivity index (χ2v) is 26.3. The van der Waals surface area contributed by atoms with E-state index in [1.807, 2.05) is 0 Å². The van der Waals surface area contributed by atoms with Crippen molar-refractivity contribution in [2.24, 2.45) is 5.92 Å². The summed E-state index contributed by atoms with van der Waals surface area (Å²) in [5, 5.41) is 10.5. The summed E-state index contributed by atoms with van der Waals surface area (Å²) in [6.07, 6.45) is 41.8. The number of aliphatic hydroxyl groups is 1. The molecule has 0 bridgehead atoms. The van der Waals surface area contributed by atoms with Crippen LogP contribution in [0.15, 0.2) is 0 Å². The van der Waals surface area contributed by atoms with Crippen LogP contribution >= 0.6 is 15.6 Å². The van der Waals surface area contributed by atoms with E-state index in [1.165, 1.54) is 135 Å². The maximum atomic E-state index is 13.0. The number of aliphatic hydroxyl groups excluding tert-OH is 1. The monoisotopic (exact) mass is 1230 g/mol. The molecule has 0 aromatic rings. The van der Waals surface area contributed by atoms with Gasteiger partial charge in [-0.2, -0.15) is 0 Å². The van der Waals surface area contributed by atoms with E-state index >= 15 is 0 Å². The van der Waals surface area contributed by atoms with Crippen LogP contribution in [0.4, 0.5) is 0 Å². The molecule has 0 amide bonds. The Morgan fingerprint density at radius 1 is 0.337 bits per heavy atom. The highest BCUT2D eigenvalue weighted by molar-refractivity contribution is 7.47. The van der Waals surface area contributed by atoms with Crippen LogP contribution in [0.3, 0.4) is 0 Å². The van der Waals surface area contributed by atoms with Crippen molar-refractivity contribution >= 4 is 39.5 Å². The van der Waals surface area contributed by atoms with Crippen LogP contribution in [0, 0.1) is 5.92 Å². The fourth-order valence-corrected chi connectivity index (χ4v) is 11.1. The number of esters is 4. The van der Waals surface area contributed by atoms with Gasteiger partial charge in [0.25, 0.3) is 0 Å². The quantitative estimate of drug-likeness (QED) is 0.0222. The molecular formula is C64H124O17P2.